The Morgan fingerprint density at radius 3 is 3.14 bits per heavy atom. The molecule has 2 heterocycles. The van der Waals surface area contributed by atoms with Crippen LogP contribution in [0.2, 0.25) is 0 Å². The molecule has 2 fully saturated rings. The molecule has 3 unspecified atom stereocenters. The maximum Gasteiger partial charge on any atom is 0.222 e. The average molecular weight is 284 g/mol. The maximum absolute atomic E-state index is 11.7. The second kappa shape index (κ2) is 4.76. The molecule has 1 saturated carbocycles. The molecule has 0 bridgehead atoms. The third kappa shape index (κ3) is 2.07. The van der Waals surface area contributed by atoms with E-state index in [1.54, 1.807) is 0 Å². The highest BCUT2D eigenvalue weighted by atomic mass is 16.1. The van der Waals surface area contributed by atoms with Gasteiger partial charge >= 0.3 is 0 Å². The van der Waals surface area contributed by atoms with Gasteiger partial charge in [-0.15, -0.1) is 0 Å². The lowest BCUT2D eigenvalue weighted by Gasteiger charge is -2.42. The van der Waals surface area contributed by atoms with E-state index in [1.807, 2.05) is 6.20 Å². The summed E-state index contributed by atoms with van der Waals surface area (Å²) in [7, 11) is 0. The lowest BCUT2D eigenvalue weighted by atomic mass is 9.84. The predicted molar refractivity (Wildman–Crippen MR) is 81.9 cm³/mol. The Morgan fingerprint density at radius 2 is 2.29 bits per heavy atom. The number of rotatable bonds is 2. The second-order valence-corrected chi connectivity index (χ2v) is 6.39. The van der Waals surface area contributed by atoms with E-state index >= 15 is 0 Å². The van der Waals surface area contributed by atoms with Crippen LogP contribution < -0.4 is 10.6 Å². The van der Waals surface area contributed by atoms with Crippen molar-refractivity contribution in [1.29, 1.82) is 0 Å². The first-order chi connectivity index (χ1) is 10.2. The molecule has 1 aliphatic carbocycles. The number of anilines is 1. The molecule has 0 spiro atoms. The molecule has 2 aliphatic rings. The minimum Gasteiger partial charge on any atom is -0.369 e. The number of hydrogen-bond acceptors (Lipinski definition) is 3. The van der Waals surface area contributed by atoms with Crippen molar-refractivity contribution in [2.45, 2.75) is 31.7 Å². The highest BCUT2D eigenvalue weighted by molar-refractivity contribution is 5.83. The SMILES string of the molecule is NC(=O)C1CC2CCCC2N(c2ccc3[nH]ncc3c2)C1. The van der Waals surface area contributed by atoms with Crippen LogP contribution in [0.5, 0.6) is 0 Å². The summed E-state index contributed by atoms with van der Waals surface area (Å²) in [6.45, 7) is 0.750. The van der Waals surface area contributed by atoms with Crippen molar-refractivity contribution in [3.05, 3.63) is 24.4 Å². The molecule has 4 rings (SSSR count). The van der Waals surface area contributed by atoms with Crippen LogP contribution in [0.1, 0.15) is 25.7 Å². The number of primary amides is 1. The van der Waals surface area contributed by atoms with Crippen molar-refractivity contribution < 1.29 is 4.79 Å². The normalized spacial score (nSPS) is 28.8. The summed E-state index contributed by atoms with van der Waals surface area (Å²) in [5.41, 5.74) is 7.82. The van der Waals surface area contributed by atoms with E-state index < -0.39 is 0 Å². The van der Waals surface area contributed by atoms with Gasteiger partial charge in [-0.05, 0) is 43.4 Å². The Morgan fingerprint density at radius 1 is 1.38 bits per heavy atom. The summed E-state index contributed by atoms with van der Waals surface area (Å²) in [6, 6.07) is 6.91. The molecular formula is C16H20N4O. The largest absolute Gasteiger partial charge is 0.369 e. The van der Waals surface area contributed by atoms with Crippen LogP contribution in [0.3, 0.4) is 0 Å². The van der Waals surface area contributed by atoms with Gasteiger partial charge in [0.25, 0.3) is 0 Å². The number of nitrogens with one attached hydrogen (secondary N) is 1. The van der Waals surface area contributed by atoms with Gasteiger partial charge in [-0.2, -0.15) is 5.10 Å². The van der Waals surface area contributed by atoms with E-state index in [4.69, 9.17) is 5.73 Å². The zero-order chi connectivity index (χ0) is 14.4. The van der Waals surface area contributed by atoms with E-state index in [0.29, 0.717) is 12.0 Å². The zero-order valence-corrected chi connectivity index (χ0v) is 12.0. The number of carbonyl (C=O) groups excluding carboxylic acids is 1. The quantitative estimate of drug-likeness (QED) is 0.886. The van der Waals surface area contributed by atoms with E-state index in [-0.39, 0.29) is 11.8 Å². The number of piperidine rings is 1. The summed E-state index contributed by atoms with van der Waals surface area (Å²) < 4.78 is 0. The Bertz CT molecular complexity index is 680. The van der Waals surface area contributed by atoms with Gasteiger partial charge in [0.2, 0.25) is 5.91 Å². The first kappa shape index (κ1) is 12.7. The molecule has 21 heavy (non-hydrogen) atoms. The van der Waals surface area contributed by atoms with Crippen molar-refractivity contribution in [1.82, 2.24) is 10.2 Å². The standard InChI is InChI=1S/C16H20N4O/c17-16(21)12-6-10-2-1-3-15(10)20(9-12)13-4-5-14-11(7-13)8-18-19-14/h4-5,7-8,10,12,15H,1-3,6,9H2,(H2,17,21)(H,18,19). The molecule has 2 aromatic rings. The number of amides is 1. The monoisotopic (exact) mass is 284 g/mol. The first-order valence-electron chi connectivity index (χ1n) is 7.71. The fraction of sp³-hybridized carbons (Fsp3) is 0.500. The van der Waals surface area contributed by atoms with Crippen LogP contribution in [0.15, 0.2) is 24.4 Å². The van der Waals surface area contributed by atoms with Crippen LogP contribution in [0, 0.1) is 11.8 Å². The summed E-state index contributed by atoms with van der Waals surface area (Å²) in [6.07, 6.45) is 6.51. The van der Waals surface area contributed by atoms with Gasteiger partial charge < -0.3 is 10.6 Å². The molecule has 1 aliphatic heterocycles. The van der Waals surface area contributed by atoms with Crippen molar-refractivity contribution in [2.75, 3.05) is 11.4 Å². The number of aromatic amines is 1. The molecule has 5 nitrogen and oxygen atoms in total. The highest BCUT2D eigenvalue weighted by Gasteiger charge is 2.40. The number of benzene rings is 1. The number of hydrogen-bond donors (Lipinski definition) is 2. The molecule has 1 aromatic heterocycles. The van der Waals surface area contributed by atoms with Gasteiger partial charge in [-0.25, -0.2) is 0 Å². The van der Waals surface area contributed by atoms with Gasteiger partial charge in [-0.3, -0.25) is 9.89 Å². The molecule has 5 heteroatoms. The predicted octanol–water partition coefficient (Wildman–Crippen LogP) is 2.04. The Balaban J connectivity index is 1.71. The van der Waals surface area contributed by atoms with Crippen LogP contribution in [-0.4, -0.2) is 28.7 Å². The molecule has 1 aromatic carbocycles. The number of H-pyrrole nitrogens is 1. The summed E-state index contributed by atoms with van der Waals surface area (Å²) in [4.78, 5) is 14.1. The zero-order valence-electron chi connectivity index (χ0n) is 12.0. The smallest absolute Gasteiger partial charge is 0.222 e. The Hall–Kier alpha value is -2.04. The maximum atomic E-state index is 11.7. The van der Waals surface area contributed by atoms with Crippen molar-refractivity contribution in [3.63, 3.8) is 0 Å². The van der Waals surface area contributed by atoms with Crippen molar-refractivity contribution in [3.8, 4) is 0 Å². The first-order valence-corrected chi connectivity index (χ1v) is 7.71. The van der Waals surface area contributed by atoms with Crippen molar-refractivity contribution >= 4 is 22.5 Å². The minimum atomic E-state index is -0.158. The number of nitrogens with zero attached hydrogens (tertiary/aromatic N) is 2. The van der Waals surface area contributed by atoms with Gasteiger partial charge in [0.1, 0.15) is 0 Å². The van der Waals surface area contributed by atoms with Gasteiger partial charge in [0, 0.05) is 23.7 Å². The van der Waals surface area contributed by atoms with Gasteiger partial charge in [0.05, 0.1) is 17.6 Å². The number of carbonyl (C=O) groups is 1. The van der Waals surface area contributed by atoms with Crippen LogP contribution >= 0.6 is 0 Å². The Labute approximate surface area is 123 Å². The van der Waals surface area contributed by atoms with E-state index in [9.17, 15) is 4.79 Å². The Kier molecular flexibility index (Phi) is 2.87. The lowest BCUT2D eigenvalue weighted by molar-refractivity contribution is -0.122. The van der Waals surface area contributed by atoms with E-state index in [0.717, 1.165) is 23.9 Å². The summed E-state index contributed by atoms with van der Waals surface area (Å²) in [5.74, 6) is 0.426. The number of nitrogens with two attached hydrogens (primary N) is 1. The third-order valence-electron chi connectivity index (χ3n) is 5.18. The van der Waals surface area contributed by atoms with Gasteiger partial charge in [-0.1, -0.05) is 6.42 Å². The summed E-state index contributed by atoms with van der Waals surface area (Å²) in [5, 5.41) is 8.17. The fourth-order valence-electron chi connectivity index (χ4n) is 4.13. The van der Waals surface area contributed by atoms with E-state index in [1.165, 1.54) is 24.9 Å². The lowest BCUT2D eigenvalue weighted by Crippen LogP contribution is -2.49. The molecule has 110 valence electrons. The highest BCUT2D eigenvalue weighted by Crippen LogP contribution is 2.41. The molecule has 1 saturated heterocycles. The average Bonchev–Trinajstić information content (AvgIpc) is 3.13. The second-order valence-electron chi connectivity index (χ2n) is 6.39. The van der Waals surface area contributed by atoms with Crippen LogP contribution in [-0.2, 0) is 4.79 Å². The topological polar surface area (TPSA) is 75.0 Å². The molecule has 3 N–H and O–H groups in total. The third-order valence-corrected chi connectivity index (χ3v) is 5.18. The van der Waals surface area contributed by atoms with Crippen LogP contribution in [0.4, 0.5) is 5.69 Å². The summed E-state index contributed by atoms with van der Waals surface area (Å²) >= 11 is 0. The number of fused-ring (bicyclic) bond motifs is 2. The molecule has 1 amide bonds. The van der Waals surface area contributed by atoms with E-state index in [2.05, 4.69) is 33.3 Å². The molecular weight excluding hydrogens is 264 g/mol. The van der Waals surface area contributed by atoms with Gasteiger partial charge in [0.15, 0.2) is 0 Å². The molecule has 0 radical (unpaired) electrons. The van der Waals surface area contributed by atoms with Crippen molar-refractivity contribution in [2.24, 2.45) is 17.6 Å². The number of aromatic nitrogens is 2. The minimum absolute atomic E-state index is 0.0237. The molecule has 3 atom stereocenters. The van der Waals surface area contributed by atoms with Crippen LogP contribution in [0.25, 0.3) is 10.9 Å². The fourth-order valence-corrected chi connectivity index (χ4v) is 4.13.